The number of hydrogen-bond donors (Lipinski definition) is 2. The van der Waals surface area contributed by atoms with E-state index in [2.05, 4.69) is 31.3 Å². The summed E-state index contributed by atoms with van der Waals surface area (Å²) in [6.07, 6.45) is 0. The molecular weight excluding hydrogens is 364 g/mol. The zero-order valence-corrected chi connectivity index (χ0v) is 16.5. The van der Waals surface area contributed by atoms with Crippen LogP contribution in [0.25, 0.3) is 11.1 Å². The van der Waals surface area contributed by atoms with E-state index in [-0.39, 0.29) is 11.3 Å². The number of phenolic OH excluding ortho intramolecular Hbond substituents is 1. The maximum atomic E-state index is 10.1. The van der Waals surface area contributed by atoms with Gasteiger partial charge in [0.15, 0.2) is 0 Å². The van der Waals surface area contributed by atoms with Crippen molar-refractivity contribution in [3.63, 3.8) is 0 Å². The third kappa shape index (κ3) is 2.89. The topological polar surface area (TPSA) is 53.9 Å². The van der Waals surface area contributed by atoms with Gasteiger partial charge >= 0.3 is 0 Å². The van der Waals surface area contributed by atoms with Crippen molar-refractivity contribution in [3.05, 3.63) is 52.0 Å². The van der Waals surface area contributed by atoms with Crippen molar-refractivity contribution in [2.24, 2.45) is 4.99 Å². The van der Waals surface area contributed by atoms with Gasteiger partial charge in [-0.25, -0.2) is 4.99 Å². The van der Waals surface area contributed by atoms with E-state index in [1.165, 1.54) is 4.88 Å². The lowest BCUT2D eigenvalue weighted by atomic mass is 9.90. The Labute approximate surface area is 159 Å². The predicted octanol–water partition coefficient (Wildman–Crippen LogP) is 5.47. The molecule has 3 aromatic rings. The summed E-state index contributed by atoms with van der Waals surface area (Å²) in [5, 5.41) is 13.7. The van der Waals surface area contributed by atoms with Crippen LogP contribution in [-0.4, -0.2) is 11.7 Å². The molecule has 0 saturated carbocycles. The minimum Gasteiger partial charge on any atom is -0.506 e. The number of nitrogens with zero attached hydrogens (tertiary/aromatic N) is 1. The molecule has 1 aromatic heterocycles. The zero-order valence-electron chi connectivity index (χ0n) is 14.9. The van der Waals surface area contributed by atoms with Crippen molar-refractivity contribution in [2.75, 3.05) is 11.9 Å². The number of benzene rings is 2. The van der Waals surface area contributed by atoms with Crippen molar-refractivity contribution in [1.82, 2.24) is 0 Å². The lowest BCUT2D eigenvalue weighted by Gasteiger charge is -2.33. The highest BCUT2D eigenvalue weighted by Crippen LogP contribution is 2.46. The largest absolute Gasteiger partial charge is 0.506 e. The number of fused-ring (bicyclic) bond motifs is 3. The second-order valence-corrected chi connectivity index (χ2v) is 8.80. The first-order valence-corrected chi connectivity index (χ1v) is 10.7. The Morgan fingerprint density at radius 3 is 2.73 bits per heavy atom. The van der Waals surface area contributed by atoms with Gasteiger partial charge in [0.1, 0.15) is 21.9 Å². The number of phenols is 1. The van der Waals surface area contributed by atoms with Crippen LogP contribution >= 0.6 is 20.7 Å². The van der Waals surface area contributed by atoms with Gasteiger partial charge in [-0.2, -0.15) is 0 Å². The quantitative estimate of drug-likeness (QED) is 0.589. The molecule has 0 spiro atoms. The van der Waals surface area contributed by atoms with E-state index in [1.807, 2.05) is 25.1 Å². The number of nitrogens with one attached hydrogen (secondary N) is 1. The number of rotatable bonds is 3. The number of ether oxygens (including phenoxy) is 1. The first kappa shape index (κ1) is 17.1. The van der Waals surface area contributed by atoms with Gasteiger partial charge in [-0.15, -0.1) is 0 Å². The third-order valence-electron chi connectivity index (χ3n) is 4.33. The lowest BCUT2D eigenvalue weighted by Crippen LogP contribution is -2.31. The van der Waals surface area contributed by atoms with Gasteiger partial charge in [0.05, 0.1) is 17.0 Å². The van der Waals surface area contributed by atoms with Gasteiger partial charge in [-0.1, -0.05) is 32.8 Å². The van der Waals surface area contributed by atoms with Crippen LogP contribution in [0.2, 0.25) is 0 Å². The molecule has 2 heterocycles. The summed E-state index contributed by atoms with van der Waals surface area (Å²) in [4.78, 5) is 6.01. The van der Waals surface area contributed by atoms with Crippen LogP contribution in [-0.2, 0) is 5.54 Å². The Kier molecular flexibility index (Phi) is 4.25. The average Bonchev–Trinajstić information content (AvgIpc) is 3.03. The molecule has 2 aromatic carbocycles. The maximum absolute atomic E-state index is 10.1. The SMILES string of the molecule is CCOc1ccc2c(c1)-c1c(ssc1=Nc1ccccc1O)C(C)(C)N2. The van der Waals surface area contributed by atoms with E-state index in [1.54, 1.807) is 32.8 Å². The highest BCUT2D eigenvalue weighted by Gasteiger charge is 2.33. The standard InChI is InChI=1S/C20H20N2O2S2/c1-4-24-12-9-10-14-13(11-12)17-18(20(2,3)22-14)25-26-19(17)21-15-7-5-6-8-16(15)23/h5-11,22-23H,4H2,1-3H3. The molecule has 0 saturated heterocycles. The Hall–Kier alpha value is -2.31. The van der Waals surface area contributed by atoms with Crippen LogP contribution in [0.3, 0.4) is 0 Å². The average molecular weight is 385 g/mol. The van der Waals surface area contributed by atoms with Gasteiger partial charge < -0.3 is 15.2 Å². The molecule has 2 N–H and O–H groups in total. The van der Waals surface area contributed by atoms with Crippen LogP contribution in [0.1, 0.15) is 25.6 Å². The highest BCUT2D eigenvalue weighted by molar-refractivity contribution is 7.68. The molecule has 0 amide bonds. The normalized spacial score (nSPS) is 15.1. The summed E-state index contributed by atoms with van der Waals surface area (Å²) >= 11 is 0. The number of hydrogen-bond acceptors (Lipinski definition) is 6. The number of aromatic hydroxyl groups is 1. The maximum Gasteiger partial charge on any atom is 0.141 e. The Balaban J connectivity index is 1.96. The highest BCUT2D eigenvalue weighted by atomic mass is 32.9. The number of anilines is 1. The fraction of sp³-hybridized carbons (Fsp3) is 0.250. The van der Waals surface area contributed by atoms with Crippen LogP contribution in [0.4, 0.5) is 11.4 Å². The summed E-state index contributed by atoms with van der Waals surface area (Å²) in [5.41, 5.74) is 3.71. The molecule has 6 heteroatoms. The predicted molar refractivity (Wildman–Crippen MR) is 109 cm³/mol. The summed E-state index contributed by atoms with van der Waals surface area (Å²) in [5.74, 6) is 1.04. The second-order valence-electron chi connectivity index (χ2n) is 6.67. The minimum atomic E-state index is -0.177. The summed E-state index contributed by atoms with van der Waals surface area (Å²) in [6.45, 7) is 6.97. The van der Waals surface area contributed by atoms with Gasteiger partial charge in [0.25, 0.3) is 0 Å². The van der Waals surface area contributed by atoms with E-state index in [0.29, 0.717) is 12.3 Å². The van der Waals surface area contributed by atoms with E-state index in [4.69, 9.17) is 9.73 Å². The van der Waals surface area contributed by atoms with E-state index in [0.717, 1.165) is 27.2 Å². The summed E-state index contributed by atoms with van der Waals surface area (Å²) in [7, 11) is 3.37. The van der Waals surface area contributed by atoms with Gasteiger partial charge in [0, 0.05) is 16.8 Å². The van der Waals surface area contributed by atoms with Crippen molar-refractivity contribution in [3.8, 4) is 22.6 Å². The second kappa shape index (κ2) is 6.45. The molecule has 4 nitrogen and oxygen atoms in total. The monoisotopic (exact) mass is 384 g/mol. The van der Waals surface area contributed by atoms with Crippen LogP contribution in [0.5, 0.6) is 11.5 Å². The molecular formula is C20H20N2O2S2. The Morgan fingerprint density at radius 2 is 1.96 bits per heavy atom. The van der Waals surface area contributed by atoms with Crippen molar-refractivity contribution in [1.29, 1.82) is 0 Å². The fourth-order valence-corrected chi connectivity index (χ4v) is 6.08. The summed E-state index contributed by atoms with van der Waals surface area (Å²) in [6, 6.07) is 13.3. The van der Waals surface area contributed by atoms with E-state index < -0.39 is 0 Å². The third-order valence-corrected chi connectivity index (χ3v) is 6.98. The molecule has 134 valence electrons. The molecule has 0 radical (unpaired) electrons. The first-order chi connectivity index (χ1) is 12.5. The molecule has 26 heavy (non-hydrogen) atoms. The van der Waals surface area contributed by atoms with Crippen molar-refractivity contribution >= 4 is 32.1 Å². The van der Waals surface area contributed by atoms with Crippen molar-refractivity contribution in [2.45, 2.75) is 26.3 Å². The zero-order chi connectivity index (χ0) is 18.3. The Bertz CT molecular complexity index is 1030. The molecule has 4 rings (SSSR count). The van der Waals surface area contributed by atoms with Gasteiger partial charge in [-0.05, 0) is 51.1 Å². The molecule has 0 atom stereocenters. The molecule has 0 fully saturated rings. The molecule has 1 aliphatic rings. The Morgan fingerprint density at radius 1 is 1.15 bits per heavy atom. The van der Waals surface area contributed by atoms with E-state index >= 15 is 0 Å². The molecule has 0 bridgehead atoms. The van der Waals surface area contributed by atoms with E-state index in [9.17, 15) is 5.11 Å². The van der Waals surface area contributed by atoms with Crippen LogP contribution in [0, 0.1) is 0 Å². The lowest BCUT2D eigenvalue weighted by molar-refractivity contribution is 0.340. The summed E-state index contributed by atoms with van der Waals surface area (Å²) < 4.78 is 6.61. The van der Waals surface area contributed by atoms with Gasteiger partial charge in [0.2, 0.25) is 0 Å². The molecule has 0 unspecified atom stereocenters. The first-order valence-electron chi connectivity index (χ1n) is 8.51. The molecule has 1 aliphatic heterocycles. The molecule has 0 aliphatic carbocycles. The smallest absolute Gasteiger partial charge is 0.141 e. The van der Waals surface area contributed by atoms with Gasteiger partial charge in [-0.3, -0.25) is 0 Å². The number of para-hydroxylation sites is 2. The van der Waals surface area contributed by atoms with Crippen LogP contribution < -0.4 is 14.7 Å². The fourth-order valence-electron chi connectivity index (χ4n) is 3.15. The minimum absolute atomic E-state index is 0.177. The van der Waals surface area contributed by atoms with Crippen molar-refractivity contribution < 1.29 is 9.84 Å². The van der Waals surface area contributed by atoms with Crippen LogP contribution in [0.15, 0.2) is 47.5 Å².